The van der Waals surface area contributed by atoms with Gasteiger partial charge in [0.25, 0.3) is 0 Å². The quantitative estimate of drug-likeness (QED) is 0.487. The summed E-state index contributed by atoms with van der Waals surface area (Å²) in [4.78, 5) is 2.17. The summed E-state index contributed by atoms with van der Waals surface area (Å²) in [6.07, 6.45) is 1.17. The fourth-order valence-corrected chi connectivity index (χ4v) is 2.21. The van der Waals surface area contributed by atoms with E-state index in [0.29, 0.717) is 11.8 Å². The van der Waals surface area contributed by atoms with E-state index in [2.05, 4.69) is 32.3 Å². The summed E-state index contributed by atoms with van der Waals surface area (Å²) < 4.78 is 0. The molecule has 1 unspecified atom stereocenters. The van der Waals surface area contributed by atoms with Gasteiger partial charge >= 0.3 is 0 Å². The number of nitrogens with one attached hydrogen (secondary N) is 1. The molecule has 0 bridgehead atoms. The first-order valence-corrected chi connectivity index (χ1v) is 4.86. The van der Waals surface area contributed by atoms with Gasteiger partial charge in [0.15, 0.2) is 0 Å². The van der Waals surface area contributed by atoms with E-state index in [0.717, 1.165) is 12.1 Å². The molecule has 0 aromatic rings. The average molecular weight is 180 g/mol. The van der Waals surface area contributed by atoms with Gasteiger partial charge in [0.1, 0.15) is 5.84 Å². The highest BCUT2D eigenvalue weighted by Crippen LogP contribution is 2.33. The third-order valence-corrected chi connectivity index (χ3v) is 2.75. The summed E-state index contributed by atoms with van der Waals surface area (Å²) in [5.41, 5.74) is 0.998. The van der Waals surface area contributed by atoms with Gasteiger partial charge in [0, 0.05) is 12.1 Å². The highest BCUT2D eigenvalue weighted by Gasteiger charge is 2.37. The standard InChI is InChI=1S/C11H20N2/c1-8(2)10(12)13-7-9(3)6-11(13,4)5/h9,12H,1,6-7H2,2-5H3. The van der Waals surface area contributed by atoms with E-state index in [4.69, 9.17) is 5.41 Å². The van der Waals surface area contributed by atoms with Crippen LogP contribution in [0.2, 0.25) is 0 Å². The molecule has 0 radical (unpaired) electrons. The maximum atomic E-state index is 7.91. The van der Waals surface area contributed by atoms with E-state index < -0.39 is 0 Å². The van der Waals surface area contributed by atoms with Crippen LogP contribution in [0, 0.1) is 11.3 Å². The van der Waals surface area contributed by atoms with Crippen molar-refractivity contribution in [1.29, 1.82) is 5.41 Å². The van der Waals surface area contributed by atoms with Crippen LogP contribution in [0.1, 0.15) is 34.1 Å². The molecule has 1 rings (SSSR count). The Morgan fingerprint density at radius 1 is 1.54 bits per heavy atom. The van der Waals surface area contributed by atoms with Crippen LogP contribution >= 0.6 is 0 Å². The lowest BCUT2D eigenvalue weighted by Gasteiger charge is -2.33. The molecule has 0 amide bonds. The number of likely N-dealkylation sites (tertiary alicyclic amines) is 1. The Balaban J connectivity index is 2.81. The van der Waals surface area contributed by atoms with E-state index in [9.17, 15) is 0 Å². The summed E-state index contributed by atoms with van der Waals surface area (Å²) in [6.45, 7) is 13.4. The lowest BCUT2D eigenvalue weighted by molar-refractivity contribution is 0.280. The SMILES string of the molecule is C=C(C)C(=N)N1CC(C)CC1(C)C. The molecular formula is C11H20N2. The Morgan fingerprint density at radius 3 is 2.38 bits per heavy atom. The molecule has 1 atom stereocenters. The highest BCUT2D eigenvalue weighted by molar-refractivity contribution is 5.95. The van der Waals surface area contributed by atoms with Crippen LogP contribution in [0.3, 0.4) is 0 Å². The molecule has 0 spiro atoms. The molecule has 2 heteroatoms. The zero-order valence-electron chi connectivity index (χ0n) is 9.15. The van der Waals surface area contributed by atoms with Crippen LogP contribution in [0.15, 0.2) is 12.2 Å². The molecule has 1 heterocycles. The smallest absolute Gasteiger partial charge is 0.123 e. The summed E-state index contributed by atoms with van der Waals surface area (Å²) in [7, 11) is 0. The molecular weight excluding hydrogens is 160 g/mol. The summed E-state index contributed by atoms with van der Waals surface area (Å²) in [5.74, 6) is 1.30. The highest BCUT2D eigenvalue weighted by atomic mass is 15.2. The zero-order chi connectivity index (χ0) is 10.2. The summed E-state index contributed by atoms with van der Waals surface area (Å²) >= 11 is 0. The minimum atomic E-state index is 0.134. The van der Waals surface area contributed by atoms with Crippen molar-refractivity contribution in [2.24, 2.45) is 5.92 Å². The lowest BCUT2D eigenvalue weighted by atomic mass is 9.97. The lowest BCUT2D eigenvalue weighted by Crippen LogP contribution is -2.42. The number of rotatable bonds is 1. The van der Waals surface area contributed by atoms with E-state index in [1.165, 1.54) is 6.42 Å². The average Bonchev–Trinajstić information content (AvgIpc) is 2.22. The van der Waals surface area contributed by atoms with Crippen molar-refractivity contribution in [2.45, 2.75) is 39.7 Å². The first-order chi connectivity index (χ1) is 5.84. The second-order valence-corrected chi connectivity index (χ2v) is 4.86. The van der Waals surface area contributed by atoms with Gasteiger partial charge in [0.05, 0.1) is 0 Å². The van der Waals surface area contributed by atoms with Gasteiger partial charge in [-0.2, -0.15) is 0 Å². The van der Waals surface area contributed by atoms with E-state index in [-0.39, 0.29) is 5.54 Å². The minimum Gasteiger partial charge on any atom is -0.351 e. The van der Waals surface area contributed by atoms with Crippen LogP contribution in [-0.2, 0) is 0 Å². The minimum absolute atomic E-state index is 0.134. The van der Waals surface area contributed by atoms with Crippen molar-refractivity contribution in [1.82, 2.24) is 4.90 Å². The second-order valence-electron chi connectivity index (χ2n) is 4.86. The van der Waals surface area contributed by atoms with Gasteiger partial charge in [-0.25, -0.2) is 0 Å². The summed E-state index contributed by atoms with van der Waals surface area (Å²) in [5, 5.41) is 7.91. The molecule has 0 aliphatic carbocycles. The Hall–Kier alpha value is -0.790. The molecule has 1 aliphatic rings. The normalized spacial score (nSPS) is 26.2. The number of nitrogens with zero attached hydrogens (tertiary/aromatic N) is 1. The molecule has 0 aromatic heterocycles. The van der Waals surface area contributed by atoms with Crippen molar-refractivity contribution in [3.63, 3.8) is 0 Å². The molecule has 1 aliphatic heterocycles. The van der Waals surface area contributed by atoms with E-state index in [1.54, 1.807) is 0 Å². The van der Waals surface area contributed by atoms with Crippen LogP contribution in [0.25, 0.3) is 0 Å². The van der Waals surface area contributed by atoms with Crippen molar-refractivity contribution in [3.8, 4) is 0 Å². The number of hydrogen-bond donors (Lipinski definition) is 1. The largest absolute Gasteiger partial charge is 0.351 e. The van der Waals surface area contributed by atoms with Crippen molar-refractivity contribution < 1.29 is 0 Å². The van der Waals surface area contributed by atoms with Crippen LogP contribution in [0.4, 0.5) is 0 Å². The van der Waals surface area contributed by atoms with Gasteiger partial charge in [-0.05, 0) is 38.7 Å². The van der Waals surface area contributed by atoms with Crippen molar-refractivity contribution >= 4 is 5.84 Å². The number of amidine groups is 1. The van der Waals surface area contributed by atoms with E-state index >= 15 is 0 Å². The summed E-state index contributed by atoms with van der Waals surface area (Å²) in [6, 6.07) is 0. The van der Waals surface area contributed by atoms with Gasteiger partial charge < -0.3 is 4.90 Å². The maximum Gasteiger partial charge on any atom is 0.123 e. The Kier molecular flexibility index (Phi) is 2.51. The van der Waals surface area contributed by atoms with Crippen molar-refractivity contribution in [2.75, 3.05) is 6.54 Å². The van der Waals surface area contributed by atoms with Gasteiger partial charge in [-0.15, -0.1) is 0 Å². The van der Waals surface area contributed by atoms with Crippen LogP contribution in [0.5, 0.6) is 0 Å². The maximum absolute atomic E-state index is 7.91. The first kappa shape index (κ1) is 10.3. The predicted octanol–water partition coefficient (Wildman–Crippen LogP) is 2.66. The molecule has 0 aromatic carbocycles. The predicted molar refractivity (Wildman–Crippen MR) is 57.1 cm³/mol. The van der Waals surface area contributed by atoms with Crippen LogP contribution in [-0.4, -0.2) is 22.8 Å². The Bertz CT molecular complexity index is 240. The zero-order valence-corrected chi connectivity index (χ0v) is 9.15. The van der Waals surface area contributed by atoms with Crippen LogP contribution < -0.4 is 0 Å². The molecule has 1 fully saturated rings. The molecule has 13 heavy (non-hydrogen) atoms. The third-order valence-electron chi connectivity index (χ3n) is 2.75. The molecule has 1 N–H and O–H groups in total. The van der Waals surface area contributed by atoms with Gasteiger partial charge in [0.2, 0.25) is 0 Å². The van der Waals surface area contributed by atoms with Crippen molar-refractivity contribution in [3.05, 3.63) is 12.2 Å². The van der Waals surface area contributed by atoms with E-state index in [1.807, 2.05) is 6.92 Å². The molecule has 1 saturated heterocycles. The fourth-order valence-electron chi connectivity index (χ4n) is 2.21. The molecule has 2 nitrogen and oxygen atoms in total. The fraction of sp³-hybridized carbons (Fsp3) is 0.727. The molecule has 74 valence electrons. The first-order valence-electron chi connectivity index (χ1n) is 4.86. The Morgan fingerprint density at radius 2 is 2.08 bits per heavy atom. The second kappa shape index (κ2) is 3.17. The van der Waals surface area contributed by atoms with Gasteiger partial charge in [-0.3, -0.25) is 5.41 Å². The third kappa shape index (κ3) is 1.93. The Labute approximate surface area is 81.1 Å². The van der Waals surface area contributed by atoms with Gasteiger partial charge in [-0.1, -0.05) is 13.5 Å². The topological polar surface area (TPSA) is 27.1 Å². The monoisotopic (exact) mass is 180 g/mol. The molecule has 0 saturated carbocycles. The number of hydrogen-bond acceptors (Lipinski definition) is 1.